The van der Waals surface area contributed by atoms with Crippen LogP contribution < -0.4 is 60.9 Å². The molecule has 0 amide bonds. The smallest absolute Gasteiger partial charge is 1.00 e. The first-order valence-corrected chi connectivity index (χ1v) is 4.51. The van der Waals surface area contributed by atoms with Crippen molar-refractivity contribution in [1.29, 1.82) is 0 Å². The van der Waals surface area contributed by atoms with E-state index in [1.165, 1.54) is 0 Å². The molecule has 0 saturated heterocycles. The van der Waals surface area contributed by atoms with Gasteiger partial charge in [-0.1, -0.05) is 0 Å². The Kier molecular flexibility index (Phi) is 3.78. The van der Waals surface area contributed by atoms with E-state index in [2.05, 4.69) is 3.98 Å². The van der Waals surface area contributed by atoms with E-state index in [9.17, 15) is 4.79 Å². The Morgan fingerprint density at radius 2 is 2.00 bits per heavy atom. The van der Waals surface area contributed by atoms with Crippen molar-refractivity contribution >= 4 is 24.4 Å². The normalized spacial score (nSPS) is 9.45. The van der Waals surface area contributed by atoms with Crippen molar-refractivity contribution in [3.05, 3.63) is 34.6 Å². The molecule has 0 unspecified atom stereocenters. The van der Waals surface area contributed by atoms with Gasteiger partial charge in [0.15, 0.2) is 0 Å². The van der Waals surface area contributed by atoms with E-state index in [1.807, 2.05) is 24.3 Å². The van der Waals surface area contributed by atoms with E-state index in [0.29, 0.717) is 0 Å². The molecule has 0 bridgehead atoms. The molecule has 0 saturated carbocycles. The second kappa shape index (κ2) is 4.19. The predicted molar refractivity (Wildman–Crippen MR) is 40.5 cm³/mol. The van der Waals surface area contributed by atoms with Crippen LogP contribution in [0.1, 0.15) is 0 Å². The second-order valence-corrected chi connectivity index (χ2v) is 3.67. The van der Waals surface area contributed by atoms with Crippen LogP contribution in [0.15, 0.2) is 29.1 Å². The van der Waals surface area contributed by atoms with Crippen LogP contribution in [0.2, 0.25) is 0 Å². The third-order valence-electron chi connectivity index (χ3n) is 1.34. The van der Waals surface area contributed by atoms with Gasteiger partial charge < -0.3 is 0 Å². The summed E-state index contributed by atoms with van der Waals surface area (Å²) < 4.78 is 4.94. The molecule has 0 radical (unpaired) electrons. The molecule has 11 heavy (non-hydrogen) atoms. The molecule has 0 fully saturated rings. The first-order valence-electron chi connectivity index (χ1n) is 2.89. The molecule has 1 aromatic carbocycles. The Balaban J connectivity index is 0.000000605. The zero-order chi connectivity index (χ0) is 6.97. The van der Waals surface area contributed by atoms with Crippen molar-refractivity contribution < 1.29 is 51.4 Å². The number of nitrogens with zero attached hydrogens (tertiary/aromatic N) is 1. The van der Waals surface area contributed by atoms with Crippen LogP contribution in [0, 0.1) is 0 Å². The molecule has 0 aliphatic rings. The Labute approximate surface area is 112 Å². The summed E-state index contributed by atoms with van der Waals surface area (Å²) in [4.78, 5) is 10.9. The molecule has 1 aromatic heterocycles. The molecule has 0 spiro atoms. The SMILES string of the molecule is O=c1[n-][se]c2ccccc12.[K+]. The molecule has 50 valence electrons. The van der Waals surface area contributed by atoms with Gasteiger partial charge in [-0.2, -0.15) is 0 Å². The molecule has 2 rings (SSSR count). The van der Waals surface area contributed by atoms with Gasteiger partial charge in [0.05, 0.1) is 0 Å². The Morgan fingerprint density at radius 3 is 2.73 bits per heavy atom. The van der Waals surface area contributed by atoms with Crippen LogP contribution in [-0.2, 0) is 0 Å². The summed E-state index contributed by atoms with van der Waals surface area (Å²) in [5.41, 5.74) is -0.0457. The maximum Gasteiger partial charge on any atom is 1.00 e. The average molecular weight is 236 g/mol. The molecule has 0 aliphatic heterocycles. The van der Waals surface area contributed by atoms with Crippen molar-refractivity contribution in [2.75, 3.05) is 0 Å². The molecular formula is C7H4KNOSe. The summed E-state index contributed by atoms with van der Waals surface area (Å²) in [6.07, 6.45) is 0. The Morgan fingerprint density at radius 1 is 1.27 bits per heavy atom. The number of hydrogen-bond donors (Lipinski definition) is 0. The van der Waals surface area contributed by atoms with Crippen molar-refractivity contribution in [1.82, 2.24) is 3.98 Å². The van der Waals surface area contributed by atoms with E-state index in [0.717, 1.165) is 9.65 Å². The van der Waals surface area contributed by atoms with Crippen LogP contribution in [0.5, 0.6) is 0 Å². The standard InChI is InChI=1S/C7H5NOSe.K/c9-7-5-3-1-2-4-6(5)10-8-7;/h1-4H,(H,8,9);/q;+1/p-1. The maximum atomic E-state index is 10.9. The minimum absolute atomic E-state index is 0. The molecule has 1 heterocycles. The van der Waals surface area contributed by atoms with Gasteiger partial charge in [-0.15, -0.1) is 0 Å². The molecule has 2 nitrogen and oxygen atoms in total. The fourth-order valence-electron chi connectivity index (χ4n) is 0.863. The van der Waals surface area contributed by atoms with Gasteiger partial charge in [-0.3, -0.25) is 0 Å². The minimum atomic E-state index is -0.0457. The molecular weight excluding hydrogens is 232 g/mol. The number of fused-ring (bicyclic) bond motifs is 1. The maximum absolute atomic E-state index is 10.9. The van der Waals surface area contributed by atoms with E-state index in [4.69, 9.17) is 0 Å². The summed E-state index contributed by atoms with van der Waals surface area (Å²) in [7, 11) is 0. The summed E-state index contributed by atoms with van der Waals surface area (Å²) in [6.45, 7) is 0. The van der Waals surface area contributed by atoms with Gasteiger partial charge in [-0.25, -0.2) is 0 Å². The van der Waals surface area contributed by atoms with Crippen molar-refractivity contribution in [2.45, 2.75) is 0 Å². The van der Waals surface area contributed by atoms with Gasteiger partial charge in [0.25, 0.3) is 0 Å². The van der Waals surface area contributed by atoms with Gasteiger partial charge in [0.2, 0.25) is 0 Å². The minimum Gasteiger partial charge on any atom is 1.00 e. The van der Waals surface area contributed by atoms with Gasteiger partial charge in [0, 0.05) is 0 Å². The van der Waals surface area contributed by atoms with Crippen LogP contribution in [0.25, 0.3) is 9.65 Å². The molecule has 4 heteroatoms. The molecule has 0 aliphatic carbocycles. The van der Waals surface area contributed by atoms with E-state index in [-0.39, 0.29) is 71.7 Å². The van der Waals surface area contributed by atoms with Gasteiger partial charge in [0.1, 0.15) is 0 Å². The van der Waals surface area contributed by atoms with E-state index >= 15 is 0 Å². The zero-order valence-electron chi connectivity index (χ0n) is 6.07. The predicted octanol–water partition coefficient (Wildman–Crippen LogP) is -2.78. The Hall–Kier alpha value is 0.846. The summed E-state index contributed by atoms with van der Waals surface area (Å²) >= 11 is 0.0493. The number of aromatic nitrogens is 1. The fourth-order valence-corrected chi connectivity index (χ4v) is 2.27. The van der Waals surface area contributed by atoms with Gasteiger partial charge >= 0.3 is 114 Å². The number of benzene rings is 1. The van der Waals surface area contributed by atoms with Crippen LogP contribution in [-0.4, -0.2) is 14.7 Å². The largest absolute Gasteiger partial charge is 1.00 e. The number of rotatable bonds is 0. The van der Waals surface area contributed by atoms with Crippen molar-refractivity contribution in [3.8, 4) is 0 Å². The quantitative estimate of drug-likeness (QED) is 0.463. The summed E-state index contributed by atoms with van der Waals surface area (Å²) in [5, 5.41) is 0.794. The fraction of sp³-hybridized carbons (Fsp3) is 0. The van der Waals surface area contributed by atoms with Crippen LogP contribution >= 0.6 is 0 Å². The molecule has 2 aromatic rings. The van der Waals surface area contributed by atoms with E-state index in [1.54, 1.807) is 0 Å². The monoisotopic (exact) mass is 237 g/mol. The van der Waals surface area contributed by atoms with Crippen molar-refractivity contribution in [2.24, 2.45) is 0 Å². The Bertz CT molecular complexity index is 406. The topological polar surface area (TPSA) is 31.2 Å². The van der Waals surface area contributed by atoms with Crippen LogP contribution in [0.4, 0.5) is 0 Å². The van der Waals surface area contributed by atoms with Crippen LogP contribution in [0.3, 0.4) is 0 Å². The molecule has 0 N–H and O–H groups in total. The summed E-state index contributed by atoms with van der Waals surface area (Å²) in [6, 6.07) is 7.60. The first kappa shape index (κ1) is 9.93. The third-order valence-corrected chi connectivity index (χ3v) is 3.04. The second-order valence-electron chi connectivity index (χ2n) is 1.98. The number of hydrogen-bond acceptors (Lipinski definition) is 1. The zero-order valence-corrected chi connectivity index (χ0v) is 10.9. The summed E-state index contributed by atoms with van der Waals surface area (Å²) in [5.74, 6) is 0. The average Bonchev–Trinajstić information content (AvgIpc) is 2.34. The van der Waals surface area contributed by atoms with E-state index < -0.39 is 0 Å². The van der Waals surface area contributed by atoms with Crippen molar-refractivity contribution in [3.63, 3.8) is 0 Å². The van der Waals surface area contributed by atoms with Gasteiger partial charge in [-0.05, 0) is 0 Å². The third kappa shape index (κ3) is 1.95. The first-order chi connectivity index (χ1) is 4.88. The molecule has 0 atom stereocenters.